The van der Waals surface area contributed by atoms with Crippen LogP contribution in [0.25, 0.3) is 16.6 Å². The first kappa shape index (κ1) is 28.3. The van der Waals surface area contributed by atoms with Crippen LogP contribution < -0.4 is 5.56 Å². The Balaban J connectivity index is 1.57. The molecular weight excluding hydrogens is 625 g/mol. The van der Waals surface area contributed by atoms with Crippen LogP contribution in [0, 0.1) is 10.1 Å². The molecule has 3 aliphatic carbocycles. The molecule has 0 bridgehead atoms. The SMILES string of the molecule is O=c1c2cc([N+](=O)[O-])ccc2nc([S][Sn]([CH]2CCCCC2)([CH]2CCCCC2)[CH]2CCCCC2)n1-c1ccccc1. The zero-order valence-corrected chi connectivity index (χ0v) is 27.1. The number of para-hydroxylation sites is 1. The van der Waals surface area contributed by atoms with Crippen molar-refractivity contribution in [1.29, 1.82) is 0 Å². The Morgan fingerprint density at radius 1 is 0.775 bits per heavy atom. The van der Waals surface area contributed by atoms with Crippen LogP contribution in [0.3, 0.4) is 0 Å². The number of aromatic nitrogens is 2. The summed E-state index contributed by atoms with van der Waals surface area (Å²) in [5.74, 6) is 0. The van der Waals surface area contributed by atoms with E-state index < -0.39 is 21.9 Å². The second-order valence-electron chi connectivity index (χ2n) is 12.3. The van der Waals surface area contributed by atoms with E-state index in [2.05, 4.69) is 8.95 Å². The van der Waals surface area contributed by atoms with Gasteiger partial charge in [0.1, 0.15) is 0 Å². The quantitative estimate of drug-likeness (QED) is 0.109. The van der Waals surface area contributed by atoms with Crippen molar-refractivity contribution in [1.82, 2.24) is 9.55 Å². The molecule has 0 saturated heterocycles. The molecule has 0 radical (unpaired) electrons. The predicted octanol–water partition coefficient (Wildman–Crippen LogP) is 9.33. The Morgan fingerprint density at radius 2 is 1.30 bits per heavy atom. The average molecular weight is 666 g/mol. The van der Waals surface area contributed by atoms with Crippen molar-refractivity contribution in [2.45, 2.75) is 113 Å². The van der Waals surface area contributed by atoms with Crippen molar-refractivity contribution >= 4 is 42.5 Å². The monoisotopic (exact) mass is 667 g/mol. The Bertz CT molecular complexity index is 1350. The van der Waals surface area contributed by atoms with Gasteiger partial charge in [-0.15, -0.1) is 0 Å². The van der Waals surface area contributed by atoms with Gasteiger partial charge >= 0.3 is 245 Å². The molecule has 3 aliphatic rings. The molecule has 3 saturated carbocycles. The van der Waals surface area contributed by atoms with Crippen LogP contribution in [0.1, 0.15) is 96.3 Å². The zero-order valence-electron chi connectivity index (χ0n) is 23.4. The van der Waals surface area contributed by atoms with Gasteiger partial charge in [-0.25, -0.2) is 0 Å². The van der Waals surface area contributed by atoms with Gasteiger partial charge in [0.2, 0.25) is 0 Å². The van der Waals surface area contributed by atoms with Crippen molar-refractivity contribution < 1.29 is 4.92 Å². The maximum atomic E-state index is 14.2. The van der Waals surface area contributed by atoms with Crippen LogP contribution in [0.4, 0.5) is 5.69 Å². The summed E-state index contributed by atoms with van der Waals surface area (Å²) in [5.41, 5.74) is 1.15. The first-order valence-corrected chi connectivity index (χ1v) is 24.8. The number of benzene rings is 2. The number of rotatable bonds is 7. The van der Waals surface area contributed by atoms with Gasteiger partial charge in [-0.05, 0) is 0 Å². The van der Waals surface area contributed by atoms with Crippen molar-refractivity contribution in [2.75, 3.05) is 0 Å². The summed E-state index contributed by atoms with van der Waals surface area (Å²) >= 11 is -3.13. The number of non-ortho nitro benzene ring substituents is 1. The zero-order chi connectivity index (χ0) is 27.5. The summed E-state index contributed by atoms with van der Waals surface area (Å²) in [5, 5.41) is 12.8. The van der Waals surface area contributed by atoms with E-state index >= 15 is 0 Å². The number of fused-ring (bicyclic) bond motifs is 1. The first-order valence-electron chi connectivity index (χ1n) is 15.5. The summed E-state index contributed by atoms with van der Waals surface area (Å²) in [6.07, 6.45) is 20.4. The first-order chi connectivity index (χ1) is 19.6. The fourth-order valence-electron chi connectivity index (χ4n) is 8.21. The van der Waals surface area contributed by atoms with Gasteiger partial charge in [0.05, 0.1) is 0 Å². The fraction of sp³-hybridized carbons (Fsp3) is 0.562. The molecule has 3 aromatic rings. The Morgan fingerprint density at radius 3 is 1.80 bits per heavy atom. The van der Waals surface area contributed by atoms with Crippen LogP contribution in [-0.2, 0) is 0 Å². The van der Waals surface area contributed by atoms with Gasteiger partial charge in [-0.1, -0.05) is 0 Å². The van der Waals surface area contributed by atoms with Crippen LogP contribution in [0.5, 0.6) is 0 Å². The molecule has 2 aromatic carbocycles. The van der Waals surface area contributed by atoms with Crippen LogP contribution in [0.15, 0.2) is 58.5 Å². The van der Waals surface area contributed by atoms with Crippen molar-refractivity contribution in [3.8, 4) is 5.69 Å². The molecule has 0 atom stereocenters. The third-order valence-corrected chi connectivity index (χ3v) is 38.0. The van der Waals surface area contributed by atoms with E-state index in [-0.39, 0.29) is 11.2 Å². The molecule has 0 unspecified atom stereocenters. The van der Waals surface area contributed by atoms with E-state index in [0.717, 1.165) is 22.6 Å². The molecule has 0 N–H and O–H groups in total. The van der Waals surface area contributed by atoms with Gasteiger partial charge in [0.15, 0.2) is 0 Å². The predicted molar refractivity (Wildman–Crippen MR) is 166 cm³/mol. The summed E-state index contributed by atoms with van der Waals surface area (Å²) in [6, 6.07) is 14.5. The molecule has 6 rings (SSSR count). The molecule has 8 heteroatoms. The summed E-state index contributed by atoms with van der Waals surface area (Å²) in [4.78, 5) is 30.6. The van der Waals surface area contributed by atoms with Crippen LogP contribution in [-0.4, -0.2) is 31.5 Å². The molecule has 212 valence electrons. The average Bonchev–Trinajstić information content (AvgIpc) is 3.01. The van der Waals surface area contributed by atoms with Crippen LogP contribution >= 0.6 is 8.95 Å². The maximum absolute atomic E-state index is 14.2. The second-order valence-corrected chi connectivity index (χ2v) is 31.2. The molecule has 0 spiro atoms. The molecular formula is C32H41N3O3SSn. The number of hydrogen-bond acceptors (Lipinski definition) is 5. The van der Waals surface area contributed by atoms with Gasteiger partial charge in [0.25, 0.3) is 0 Å². The molecule has 1 heterocycles. The molecule has 1 aromatic heterocycles. The van der Waals surface area contributed by atoms with E-state index in [1.165, 1.54) is 108 Å². The van der Waals surface area contributed by atoms with Gasteiger partial charge in [0, 0.05) is 0 Å². The van der Waals surface area contributed by atoms with Crippen molar-refractivity contribution in [3.63, 3.8) is 0 Å². The molecule has 3 fully saturated rings. The molecule has 0 aliphatic heterocycles. The number of nitro benzene ring substituents is 1. The van der Waals surface area contributed by atoms with Gasteiger partial charge < -0.3 is 0 Å². The topological polar surface area (TPSA) is 78.0 Å². The number of nitrogens with zero attached hydrogens (tertiary/aromatic N) is 3. The van der Waals surface area contributed by atoms with Gasteiger partial charge in [-0.3, -0.25) is 0 Å². The third kappa shape index (κ3) is 5.49. The Labute approximate surface area is 243 Å². The minimum atomic E-state index is -3.13. The summed E-state index contributed by atoms with van der Waals surface area (Å²) in [7, 11) is 2.14. The molecule has 0 amide bonds. The van der Waals surface area contributed by atoms with E-state index in [9.17, 15) is 14.9 Å². The van der Waals surface area contributed by atoms with E-state index in [0.29, 0.717) is 10.9 Å². The van der Waals surface area contributed by atoms with Crippen LogP contribution in [0.2, 0.25) is 11.8 Å². The molecule has 40 heavy (non-hydrogen) atoms. The fourth-order valence-corrected chi connectivity index (χ4v) is 39.3. The third-order valence-electron chi connectivity index (χ3n) is 10.0. The van der Waals surface area contributed by atoms with Crippen molar-refractivity contribution in [2.24, 2.45) is 0 Å². The minimum absolute atomic E-state index is 0.0634. The second kappa shape index (κ2) is 12.6. The number of hydrogen-bond donors (Lipinski definition) is 0. The van der Waals surface area contributed by atoms with Crippen molar-refractivity contribution in [3.05, 3.63) is 69.0 Å². The number of nitro groups is 1. The van der Waals surface area contributed by atoms with Gasteiger partial charge in [-0.2, -0.15) is 0 Å². The summed E-state index contributed by atoms with van der Waals surface area (Å²) < 4.78 is 4.34. The standard InChI is InChI=1S/C14H9N3O3S.3C6H11.Sn/c18-13-11-8-10(17(19)20)6-7-12(11)15-14(21)16(13)9-4-2-1-3-5-9;3*1-2-4-6-5-3-1;/h1-8H,(H,15,21);3*1H,2-6H2;/q;;;;+1/p-1. The summed E-state index contributed by atoms with van der Waals surface area (Å²) in [6.45, 7) is 0. The normalized spacial score (nSPS) is 20.1. The Hall–Kier alpha value is -1.87. The van der Waals surface area contributed by atoms with E-state index in [4.69, 9.17) is 4.98 Å². The van der Waals surface area contributed by atoms with E-state index in [1.807, 2.05) is 34.9 Å². The Kier molecular flexibility index (Phi) is 8.87. The molecule has 6 nitrogen and oxygen atoms in total. The van der Waals surface area contributed by atoms with E-state index in [1.54, 1.807) is 6.07 Å².